The minimum atomic E-state index is -4.46. The molecule has 2 aromatic carbocycles. The summed E-state index contributed by atoms with van der Waals surface area (Å²) in [6, 6.07) is 14.2. The van der Waals surface area contributed by atoms with Crippen LogP contribution in [0, 0.1) is 0 Å². The number of halogens is 3. The van der Waals surface area contributed by atoms with Crippen molar-refractivity contribution in [3.63, 3.8) is 0 Å². The maximum absolute atomic E-state index is 12.9. The molecule has 1 amide bonds. The van der Waals surface area contributed by atoms with Crippen molar-refractivity contribution in [2.75, 3.05) is 0 Å². The molecule has 0 bridgehead atoms. The Labute approximate surface area is 166 Å². The van der Waals surface area contributed by atoms with Crippen molar-refractivity contribution in [2.45, 2.75) is 39.2 Å². The van der Waals surface area contributed by atoms with Crippen molar-refractivity contribution in [1.82, 2.24) is 25.1 Å². The van der Waals surface area contributed by atoms with Crippen LogP contribution in [0.5, 0.6) is 0 Å². The first-order valence-corrected chi connectivity index (χ1v) is 9.03. The number of benzene rings is 2. The smallest absolute Gasteiger partial charge is 0.334 e. The number of tetrazole rings is 1. The summed E-state index contributed by atoms with van der Waals surface area (Å²) in [6.45, 7) is 4.09. The Balaban J connectivity index is 1.74. The van der Waals surface area contributed by atoms with Crippen molar-refractivity contribution >= 4 is 5.91 Å². The number of hydrogen-bond donors (Lipinski definition) is 0. The number of carbonyl (C=O) groups is 1. The largest absolute Gasteiger partial charge is 0.416 e. The number of nitrogens with zero attached hydrogens (tertiary/aromatic N) is 5. The summed E-state index contributed by atoms with van der Waals surface area (Å²) in [6.07, 6.45) is -4.46. The van der Waals surface area contributed by atoms with E-state index in [-0.39, 0.29) is 29.9 Å². The van der Waals surface area contributed by atoms with Crippen LogP contribution in [-0.2, 0) is 24.1 Å². The molecular weight excluding hydrogens is 383 g/mol. The highest BCUT2D eigenvalue weighted by atomic mass is 19.4. The molecule has 3 rings (SSSR count). The topological polar surface area (TPSA) is 63.9 Å². The summed E-state index contributed by atoms with van der Waals surface area (Å²) < 4.78 is 38.7. The van der Waals surface area contributed by atoms with E-state index in [0.717, 1.165) is 22.5 Å². The highest BCUT2D eigenvalue weighted by Gasteiger charge is 2.30. The van der Waals surface area contributed by atoms with Gasteiger partial charge in [-0.3, -0.25) is 4.79 Å². The molecular formula is C20H20F3N5O. The van der Waals surface area contributed by atoms with Gasteiger partial charge < -0.3 is 4.90 Å². The number of amides is 1. The SMILES string of the molecule is CC(C)N(Cc1ccccc1)C(=O)Cn1nnc(-c2cccc(C(F)(F)F)c2)n1. The Morgan fingerprint density at radius 2 is 1.83 bits per heavy atom. The summed E-state index contributed by atoms with van der Waals surface area (Å²) in [5, 5.41) is 11.7. The lowest BCUT2D eigenvalue weighted by atomic mass is 10.1. The van der Waals surface area contributed by atoms with Crippen molar-refractivity contribution in [1.29, 1.82) is 0 Å². The zero-order valence-corrected chi connectivity index (χ0v) is 16.0. The van der Waals surface area contributed by atoms with E-state index in [4.69, 9.17) is 0 Å². The van der Waals surface area contributed by atoms with Crippen molar-refractivity contribution < 1.29 is 18.0 Å². The fraction of sp³-hybridized carbons (Fsp3) is 0.300. The molecule has 0 aliphatic heterocycles. The maximum Gasteiger partial charge on any atom is 0.416 e. The summed E-state index contributed by atoms with van der Waals surface area (Å²) >= 11 is 0. The van der Waals surface area contributed by atoms with E-state index < -0.39 is 11.7 Å². The number of hydrogen-bond acceptors (Lipinski definition) is 4. The van der Waals surface area contributed by atoms with Crippen molar-refractivity contribution in [3.8, 4) is 11.4 Å². The zero-order valence-electron chi connectivity index (χ0n) is 16.0. The fourth-order valence-electron chi connectivity index (χ4n) is 2.81. The molecule has 152 valence electrons. The summed E-state index contributed by atoms with van der Waals surface area (Å²) in [4.78, 5) is 15.5. The third-order valence-electron chi connectivity index (χ3n) is 4.32. The minimum absolute atomic E-state index is 0.0306. The van der Waals surface area contributed by atoms with Crippen LogP contribution >= 0.6 is 0 Å². The van der Waals surface area contributed by atoms with Gasteiger partial charge in [-0.1, -0.05) is 42.5 Å². The highest BCUT2D eigenvalue weighted by Crippen LogP contribution is 2.31. The second-order valence-corrected chi connectivity index (χ2v) is 6.82. The van der Waals surface area contributed by atoms with Crippen LogP contribution < -0.4 is 0 Å². The molecule has 0 unspecified atom stereocenters. The molecule has 29 heavy (non-hydrogen) atoms. The second kappa shape index (κ2) is 8.42. The number of alkyl halides is 3. The molecule has 9 heteroatoms. The first-order valence-electron chi connectivity index (χ1n) is 9.03. The highest BCUT2D eigenvalue weighted by molar-refractivity contribution is 5.76. The lowest BCUT2D eigenvalue weighted by Crippen LogP contribution is -2.39. The van der Waals surface area contributed by atoms with Crippen LogP contribution in [0.2, 0.25) is 0 Å². The second-order valence-electron chi connectivity index (χ2n) is 6.82. The van der Waals surface area contributed by atoms with Gasteiger partial charge in [0.15, 0.2) is 0 Å². The molecule has 0 aliphatic rings. The average Bonchev–Trinajstić information content (AvgIpc) is 3.14. The Morgan fingerprint density at radius 3 is 2.48 bits per heavy atom. The van der Waals surface area contributed by atoms with Gasteiger partial charge in [0.1, 0.15) is 6.54 Å². The van der Waals surface area contributed by atoms with Gasteiger partial charge in [-0.2, -0.15) is 18.0 Å². The van der Waals surface area contributed by atoms with Gasteiger partial charge in [-0.15, -0.1) is 10.2 Å². The third-order valence-corrected chi connectivity index (χ3v) is 4.32. The molecule has 3 aromatic rings. The first-order chi connectivity index (χ1) is 13.7. The molecule has 0 aliphatic carbocycles. The molecule has 1 heterocycles. The van der Waals surface area contributed by atoms with Gasteiger partial charge in [0.25, 0.3) is 0 Å². The molecule has 0 atom stereocenters. The summed E-state index contributed by atoms with van der Waals surface area (Å²) in [5.74, 6) is -0.181. The Bertz CT molecular complexity index is 970. The fourth-order valence-corrected chi connectivity index (χ4v) is 2.81. The van der Waals surface area contributed by atoms with Gasteiger partial charge in [-0.25, -0.2) is 0 Å². The Morgan fingerprint density at radius 1 is 1.10 bits per heavy atom. The molecule has 6 nitrogen and oxygen atoms in total. The lowest BCUT2D eigenvalue weighted by Gasteiger charge is -2.26. The Hall–Kier alpha value is -3.23. The van der Waals surface area contributed by atoms with E-state index in [0.29, 0.717) is 6.54 Å². The van der Waals surface area contributed by atoms with Crippen molar-refractivity contribution in [2.24, 2.45) is 0 Å². The average molecular weight is 403 g/mol. The van der Waals surface area contributed by atoms with Crippen LogP contribution in [0.3, 0.4) is 0 Å². The molecule has 1 aromatic heterocycles. The number of aromatic nitrogens is 4. The molecule has 0 N–H and O–H groups in total. The molecule has 0 saturated carbocycles. The normalized spacial score (nSPS) is 11.7. The third kappa shape index (κ3) is 5.18. The van der Waals surface area contributed by atoms with Gasteiger partial charge >= 0.3 is 6.18 Å². The summed E-state index contributed by atoms with van der Waals surface area (Å²) in [5.41, 5.74) is 0.380. The van der Waals surface area contributed by atoms with Crippen molar-refractivity contribution in [3.05, 3.63) is 65.7 Å². The minimum Gasteiger partial charge on any atom is -0.334 e. The number of carbonyl (C=O) groups excluding carboxylic acids is 1. The summed E-state index contributed by atoms with van der Waals surface area (Å²) in [7, 11) is 0. The molecule has 0 spiro atoms. The van der Waals surface area contributed by atoms with Gasteiger partial charge in [0.2, 0.25) is 11.7 Å². The monoisotopic (exact) mass is 403 g/mol. The van der Waals surface area contributed by atoms with Gasteiger partial charge in [-0.05, 0) is 36.8 Å². The zero-order chi connectivity index (χ0) is 21.0. The maximum atomic E-state index is 12.9. The number of rotatable bonds is 6. The van der Waals surface area contributed by atoms with E-state index >= 15 is 0 Å². The molecule has 0 fully saturated rings. The van der Waals surface area contributed by atoms with Gasteiger partial charge in [0.05, 0.1) is 5.56 Å². The Kier molecular flexibility index (Phi) is 5.95. The van der Waals surface area contributed by atoms with E-state index in [1.807, 2.05) is 44.2 Å². The predicted octanol–water partition coefficient (Wildman–Crippen LogP) is 3.80. The van der Waals surface area contributed by atoms with Crippen LogP contribution in [0.4, 0.5) is 13.2 Å². The standard InChI is InChI=1S/C20H20F3N5O/c1-14(2)27(12-15-7-4-3-5-8-15)18(29)13-28-25-19(24-26-28)16-9-6-10-17(11-16)20(21,22)23/h3-11,14H,12-13H2,1-2H3. The first kappa shape index (κ1) is 20.5. The lowest BCUT2D eigenvalue weighted by molar-refractivity contribution is -0.137. The van der Waals surface area contributed by atoms with Gasteiger partial charge in [0, 0.05) is 18.2 Å². The van der Waals surface area contributed by atoms with E-state index in [2.05, 4.69) is 15.4 Å². The van der Waals surface area contributed by atoms with Crippen LogP contribution in [-0.4, -0.2) is 37.1 Å². The van der Waals surface area contributed by atoms with E-state index in [1.54, 1.807) is 4.90 Å². The van der Waals surface area contributed by atoms with Crippen LogP contribution in [0.15, 0.2) is 54.6 Å². The van der Waals surface area contributed by atoms with E-state index in [9.17, 15) is 18.0 Å². The van der Waals surface area contributed by atoms with E-state index in [1.165, 1.54) is 12.1 Å². The predicted molar refractivity (Wildman–Crippen MR) is 100 cm³/mol. The molecule has 0 saturated heterocycles. The molecule has 0 radical (unpaired) electrons. The quantitative estimate of drug-likeness (QED) is 0.628. The van der Waals surface area contributed by atoms with Crippen LogP contribution in [0.1, 0.15) is 25.0 Å². The van der Waals surface area contributed by atoms with Crippen LogP contribution in [0.25, 0.3) is 11.4 Å².